The van der Waals surface area contributed by atoms with Crippen molar-refractivity contribution in [2.75, 3.05) is 0 Å². The maximum atomic E-state index is 10.7. The zero-order chi connectivity index (χ0) is 8.27. The van der Waals surface area contributed by atoms with E-state index in [-0.39, 0.29) is 12.2 Å². The first kappa shape index (κ1) is 7.89. The molecule has 0 bridgehead atoms. The van der Waals surface area contributed by atoms with Gasteiger partial charge in [-0.2, -0.15) is 5.26 Å². The predicted octanol–water partition coefficient (Wildman–Crippen LogP) is 1.41. The van der Waals surface area contributed by atoms with Gasteiger partial charge in [-0.15, -0.1) is 11.3 Å². The lowest BCUT2D eigenvalue weighted by Gasteiger charge is -1.82. The summed E-state index contributed by atoms with van der Waals surface area (Å²) in [6, 6.07) is 1.97. The maximum absolute atomic E-state index is 10.7. The molecule has 0 amide bonds. The molecule has 0 saturated heterocycles. The summed E-state index contributed by atoms with van der Waals surface area (Å²) >= 11 is 1.29. The quantitative estimate of drug-likeness (QED) is 0.624. The van der Waals surface area contributed by atoms with E-state index < -0.39 is 0 Å². The first-order valence-corrected chi connectivity index (χ1v) is 3.94. The van der Waals surface area contributed by atoms with Gasteiger partial charge in [0.15, 0.2) is 10.8 Å². The van der Waals surface area contributed by atoms with E-state index in [0.717, 1.165) is 0 Å². The highest BCUT2D eigenvalue weighted by Gasteiger charge is 2.04. The molecule has 1 heterocycles. The number of carbonyl (C=O) groups is 1. The fraction of sp³-hybridized carbons (Fsp3) is 0.286. The van der Waals surface area contributed by atoms with Gasteiger partial charge in [0.1, 0.15) is 0 Å². The van der Waals surface area contributed by atoms with E-state index in [0.29, 0.717) is 10.7 Å². The third-order valence-electron chi connectivity index (χ3n) is 1.11. The van der Waals surface area contributed by atoms with Crippen molar-refractivity contribution in [3.63, 3.8) is 0 Å². The molecule has 0 radical (unpaired) electrons. The lowest BCUT2D eigenvalue weighted by Crippen LogP contribution is -1.90. The van der Waals surface area contributed by atoms with Gasteiger partial charge >= 0.3 is 0 Å². The molecule has 0 aromatic carbocycles. The second kappa shape index (κ2) is 3.26. The number of nitriles is 1. The molecule has 0 unspecified atom stereocenters. The molecule has 4 heteroatoms. The molecule has 1 aromatic heterocycles. The number of aromatic nitrogens is 1. The van der Waals surface area contributed by atoms with Crippen LogP contribution < -0.4 is 0 Å². The van der Waals surface area contributed by atoms with E-state index in [2.05, 4.69) is 4.98 Å². The minimum atomic E-state index is -0.0424. The highest BCUT2D eigenvalue weighted by molar-refractivity contribution is 7.11. The van der Waals surface area contributed by atoms with E-state index >= 15 is 0 Å². The number of ketones is 1. The Morgan fingerprint density at radius 1 is 1.91 bits per heavy atom. The summed E-state index contributed by atoms with van der Waals surface area (Å²) < 4.78 is 0. The van der Waals surface area contributed by atoms with E-state index in [1.54, 1.807) is 5.38 Å². The van der Waals surface area contributed by atoms with Crippen molar-refractivity contribution in [2.45, 2.75) is 13.3 Å². The molecule has 3 nitrogen and oxygen atoms in total. The van der Waals surface area contributed by atoms with Crippen molar-refractivity contribution in [2.24, 2.45) is 0 Å². The van der Waals surface area contributed by atoms with E-state index in [4.69, 9.17) is 5.26 Å². The molecular weight excluding hydrogens is 160 g/mol. The van der Waals surface area contributed by atoms with Crippen LogP contribution in [0.4, 0.5) is 0 Å². The van der Waals surface area contributed by atoms with Crippen molar-refractivity contribution < 1.29 is 4.79 Å². The normalized spacial score (nSPS) is 9.09. The van der Waals surface area contributed by atoms with Crippen LogP contribution in [0.15, 0.2) is 5.38 Å². The Morgan fingerprint density at radius 2 is 2.64 bits per heavy atom. The van der Waals surface area contributed by atoms with Crippen molar-refractivity contribution in [1.29, 1.82) is 5.26 Å². The summed E-state index contributed by atoms with van der Waals surface area (Å²) in [5.74, 6) is -0.0424. The first-order chi connectivity index (χ1) is 5.24. The molecule has 1 rings (SSSR count). The Hall–Kier alpha value is -1.21. The van der Waals surface area contributed by atoms with Crippen molar-refractivity contribution in [1.82, 2.24) is 4.98 Å². The van der Waals surface area contributed by atoms with Gasteiger partial charge in [-0.3, -0.25) is 4.79 Å². The van der Waals surface area contributed by atoms with E-state index in [1.807, 2.05) is 6.07 Å². The summed E-state index contributed by atoms with van der Waals surface area (Å²) in [5.41, 5.74) is 0.683. The highest BCUT2D eigenvalue weighted by atomic mass is 32.1. The number of hydrogen-bond donors (Lipinski definition) is 0. The minimum absolute atomic E-state index is 0.0424. The largest absolute Gasteiger partial charge is 0.292 e. The standard InChI is InChI=1S/C7H6N2OS/c1-5(10)7-9-6(2-3-8)4-11-7/h4H,2H2,1H3. The van der Waals surface area contributed by atoms with Crippen molar-refractivity contribution >= 4 is 17.1 Å². The topological polar surface area (TPSA) is 53.8 Å². The summed E-state index contributed by atoms with van der Waals surface area (Å²) in [6.45, 7) is 1.47. The van der Waals surface area contributed by atoms with E-state index in [9.17, 15) is 4.79 Å². The molecule has 0 aliphatic carbocycles. The Bertz CT molecular complexity index is 310. The van der Waals surface area contributed by atoms with Gasteiger partial charge in [0.2, 0.25) is 0 Å². The number of Topliss-reactive ketones (excluding diaryl/α,β-unsaturated/α-hetero) is 1. The highest BCUT2D eigenvalue weighted by Crippen LogP contribution is 2.09. The van der Waals surface area contributed by atoms with Crippen LogP contribution in [0.5, 0.6) is 0 Å². The Morgan fingerprint density at radius 3 is 3.09 bits per heavy atom. The monoisotopic (exact) mass is 166 g/mol. The second-order valence-corrected chi connectivity index (χ2v) is 2.89. The lowest BCUT2D eigenvalue weighted by molar-refractivity contribution is 0.101. The zero-order valence-electron chi connectivity index (χ0n) is 6.00. The Kier molecular flexibility index (Phi) is 2.34. The van der Waals surface area contributed by atoms with Crippen LogP contribution in [0.1, 0.15) is 22.4 Å². The van der Waals surface area contributed by atoms with Crippen molar-refractivity contribution in [3.8, 4) is 6.07 Å². The van der Waals surface area contributed by atoms with Crippen LogP contribution in [0.2, 0.25) is 0 Å². The average Bonchev–Trinajstić information content (AvgIpc) is 2.37. The number of hydrogen-bond acceptors (Lipinski definition) is 4. The fourth-order valence-corrected chi connectivity index (χ4v) is 1.35. The molecule has 0 fully saturated rings. The number of carbonyl (C=O) groups excluding carboxylic acids is 1. The van der Waals surface area contributed by atoms with Gasteiger partial charge in [0.05, 0.1) is 18.2 Å². The third-order valence-corrected chi connectivity index (χ3v) is 2.11. The molecule has 1 aromatic rings. The van der Waals surface area contributed by atoms with Gasteiger partial charge in [-0.25, -0.2) is 4.98 Å². The van der Waals surface area contributed by atoms with Crippen LogP contribution in [-0.4, -0.2) is 10.8 Å². The molecule has 0 aliphatic heterocycles. The van der Waals surface area contributed by atoms with E-state index in [1.165, 1.54) is 18.3 Å². The summed E-state index contributed by atoms with van der Waals surface area (Å²) in [5, 5.41) is 10.5. The lowest BCUT2D eigenvalue weighted by atomic mass is 10.4. The van der Waals surface area contributed by atoms with Gasteiger partial charge < -0.3 is 0 Å². The zero-order valence-corrected chi connectivity index (χ0v) is 6.81. The van der Waals surface area contributed by atoms with Crippen LogP contribution in [0.25, 0.3) is 0 Å². The Balaban J connectivity index is 2.83. The average molecular weight is 166 g/mol. The number of rotatable bonds is 2. The van der Waals surface area contributed by atoms with Gasteiger partial charge in [-0.1, -0.05) is 0 Å². The first-order valence-electron chi connectivity index (χ1n) is 3.06. The minimum Gasteiger partial charge on any atom is -0.292 e. The van der Waals surface area contributed by atoms with Crippen LogP contribution >= 0.6 is 11.3 Å². The van der Waals surface area contributed by atoms with Crippen LogP contribution in [-0.2, 0) is 6.42 Å². The molecule has 0 spiro atoms. The second-order valence-electron chi connectivity index (χ2n) is 2.04. The summed E-state index contributed by atoms with van der Waals surface area (Å²) in [7, 11) is 0. The Labute approximate surface area is 68.3 Å². The predicted molar refractivity (Wildman–Crippen MR) is 41.4 cm³/mol. The molecule has 0 aliphatic rings. The maximum Gasteiger partial charge on any atom is 0.188 e. The molecule has 0 N–H and O–H groups in total. The fourth-order valence-electron chi connectivity index (χ4n) is 0.631. The molecule has 11 heavy (non-hydrogen) atoms. The number of thiazole rings is 1. The number of nitrogens with zero attached hydrogens (tertiary/aromatic N) is 2. The molecule has 0 atom stereocenters. The third kappa shape index (κ3) is 1.85. The van der Waals surface area contributed by atoms with Crippen LogP contribution in [0.3, 0.4) is 0 Å². The molecule has 56 valence electrons. The van der Waals surface area contributed by atoms with Crippen molar-refractivity contribution in [3.05, 3.63) is 16.1 Å². The summed E-state index contributed by atoms with van der Waals surface area (Å²) in [6.07, 6.45) is 0.282. The van der Waals surface area contributed by atoms with Gasteiger partial charge in [0.25, 0.3) is 0 Å². The smallest absolute Gasteiger partial charge is 0.188 e. The summed E-state index contributed by atoms with van der Waals surface area (Å²) in [4.78, 5) is 14.7. The molecule has 0 saturated carbocycles. The SMILES string of the molecule is CC(=O)c1nc(CC#N)cs1. The van der Waals surface area contributed by atoms with Crippen LogP contribution in [0, 0.1) is 11.3 Å². The van der Waals surface area contributed by atoms with Gasteiger partial charge in [-0.05, 0) is 0 Å². The molecular formula is C7H6N2OS. The van der Waals surface area contributed by atoms with Gasteiger partial charge in [0, 0.05) is 12.3 Å².